The van der Waals surface area contributed by atoms with Gasteiger partial charge >= 0.3 is 0 Å². The number of fused-ring (bicyclic) bond motifs is 1. The lowest BCUT2D eigenvalue weighted by atomic mass is 10.2. The van der Waals surface area contributed by atoms with Gasteiger partial charge in [0, 0.05) is 33.5 Å². The average Bonchev–Trinajstić information content (AvgIpc) is 2.88. The van der Waals surface area contributed by atoms with Crippen molar-refractivity contribution in [2.45, 2.75) is 9.79 Å². The fraction of sp³-hybridized carbons (Fsp3) is 0. The molecular formula is C14H10N2O2S. The Hall–Kier alpha value is -2.27. The predicted octanol–water partition coefficient (Wildman–Crippen LogP) is 4.23. The molecule has 0 fully saturated rings. The summed E-state index contributed by atoms with van der Waals surface area (Å²) in [4.78, 5) is 15.6. The minimum atomic E-state index is -0.366. The number of rotatable bonds is 3. The summed E-state index contributed by atoms with van der Waals surface area (Å²) in [7, 11) is 0. The first kappa shape index (κ1) is 11.8. The largest absolute Gasteiger partial charge is 0.361 e. The van der Waals surface area contributed by atoms with Gasteiger partial charge < -0.3 is 4.98 Å². The van der Waals surface area contributed by atoms with E-state index in [0.717, 1.165) is 20.7 Å². The Morgan fingerprint density at radius 3 is 2.63 bits per heavy atom. The highest BCUT2D eigenvalue weighted by molar-refractivity contribution is 7.99. The molecule has 19 heavy (non-hydrogen) atoms. The molecule has 1 N–H and O–H groups in total. The van der Waals surface area contributed by atoms with Crippen LogP contribution in [0.15, 0.2) is 64.5 Å². The Balaban J connectivity index is 2.11. The average molecular weight is 270 g/mol. The molecule has 2 aromatic carbocycles. The van der Waals surface area contributed by atoms with Crippen molar-refractivity contribution in [2.24, 2.45) is 0 Å². The lowest BCUT2D eigenvalue weighted by molar-refractivity contribution is -0.384. The highest BCUT2D eigenvalue weighted by Crippen LogP contribution is 2.36. The summed E-state index contributed by atoms with van der Waals surface area (Å²) >= 11 is 1.53. The zero-order valence-electron chi connectivity index (χ0n) is 9.87. The first-order chi connectivity index (χ1) is 9.24. The molecule has 0 saturated carbocycles. The summed E-state index contributed by atoms with van der Waals surface area (Å²) in [6, 6.07) is 14.9. The Bertz CT molecular complexity index is 738. The number of aromatic amines is 1. The SMILES string of the molecule is O=[N+]([O-])c1cc(Sc2ccccc2)c2cc[nH]c2c1. The monoisotopic (exact) mass is 270 g/mol. The standard InChI is InChI=1S/C14H10N2O2S/c17-16(18)10-8-13-12(6-7-15-13)14(9-10)19-11-4-2-1-3-5-11/h1-9,15H. The number of hydrogen-bond donors (Lipinski definition) is 1. The zero-order valence-corrected chi connectivity index (χ0v) is 10.7. The van der Waals surface area contributed by atoms with Gasteiger partial charge in [-0.1, -0.05) is 30.0 Å². The molecule has 5 heteroatoms. The van der Waals surface area contributed by atoms with E-state index >= 15 is 0 Å². The van der Waals surface area contributed by atoms with E-state index in [1.807, 2.05) is 36.4 Å². The molecule has 0 bridgehead atoms. The summed E-state index contributed by atoms with van der Waals surface area (Å²) in [6.07, 6.45) is 1.80. The number of non-ortho nitro benzene ring substituents is 1. The van der Waals surface area contributed by atoms with E-state index in [2.05, 4.69) is 4.98 Å². The van der Waals surface area contributed by atoms with Crippen LogP contribution in [0.4, 0.5) is 5.69 Å². The number of hydrogen-bond acceptors (Lipinski definition) is 3. The van der Waals surface area contributed by atoms with Gasteiger partial charge in [0.1, 0.15) is 0 Å². The smallest absolute Gasteiger partial charge is 0.272 e. The maximum absolute atomic E-state index is 11.0. The van der Waals surface area contributed by atoms with Gasteiger partial charge in [-0.2, -0.15) is 0 Å². The number of aromatic nitrogens is 1. The molecule has 94 valence electrons. The number of benzene rings is 2. The molecule has 3 rings (SSSR count). The number of nitro benzene ring substituents is 1. The second-order valence-corrected chi connectivity index (χ2v) is 5.17. The Labute approximate surface area is 113 Å². The third-order valence-electron chi connectivity index (χ3n) is 2.80. The van der Waals surface area contributed by atoms with Crippen LogP contribution in [0, 0.1) is 10.1 Å². The van der Waals surface area contributed by atoms with Crippen LogP contribution in [0.1, 0.15) is 0 Å². The van der Waals surface area contributed by atoms with Gasteiger partial charge in [-0.05, 0) is 18.2 Å². The lowest BCUT2D eigenvalue weighted by Gasteiger charge is -2.03. The zero-order chi connectivity index (χ0) is 13.2. The number of nitrogens with one attached hydrogen (secondary N) is 1. The fourth-order valence-electron chi connectivity index (χ4n) is 1.92. The van der Waals surface area contributed by atoms with Gasteiger partial charge in [0.05, 0.1) is 10.4 Å². The topological polar surface area (TPSA) is 58.9 Å². The summed E-state index contributed by atoms with van der Waals surface area (Å²) in [6.45, 7) is 0. The molecule has 0 aliphatic rings. The van der Waals surface area contributed by atoms with Crippen molar-refractivity contribution in [1.82, 2.24) is 4.98 Å². The molecule has 0 saturated heterocycles. The van der Waals surface area contributed by atoms with Crippen molar-refractivity contribution in [1.29, 1.82) is 0 Å². The second-order valence-electron chi connectivity index (χ2n) is 4.06. The highest BCUT2D eigenvalue weighted by atomic mass is 32.2. The molecule has 3 aromatic rings. The molecule has 0 aliphatic carbocycles. The molecule has 0 spiro atoms. The minimum Gasteiger partial charge on any atom is -0.361 e. The van der Waals surface area contributed by atoms with E-state index in [9.17, 15) is 10.1 Å². The number of nitrogens with zero attached hydrogens (tertiary/aromatic N) is 1. The molecule has 0 atom stereocenters. The third kappa shape index (κ3) is 2.32. The fourth-order valence-corrected chi connectivity index (χ4v) is 2.94. The van der Waals surface area contributed by atoms with E-state index < -0.39 is 0 Å². The van der Waals surface area contributed by atoms with Crippen LogP contribution < -0.4 is 0 Å². The molecule has 1 aromatic heterocycles. The molecule has 0 unspecified atom stereocenters. The van der Waals surface area contributed by atoms with E-state index in [0.29, 0.717) is 0 Å². The van der Waals surface area contributed by atoms with Gasteiger partial charge in [0.15, 0.2) is 0 Å². The predicted molar refractivity (Wildman–Crippen MR) is 75.5 cm³/mol. The Morgan fingerprint density at radius 2 is 1.89 bits per heavy atom. The summed E-state index contributed by atoms with van der Waals surface area (Å²) < 4.78 is 0. The van der Waals surface area contributed by atoms with Crippen LogP contribution in [0.5, 0.6) is 0 Å². The van der Waals surface area contributed by atoms with Crippen molar-refractivity contribution in [3.05, 3.63) is 64.8 Å². The van der Waals surface area contributed by atoms with Crippen molar-refractivity contribution >= 4 is 28.4 Å². The molecule has 0 amide bonds. The van der Waals surface area contributed by atoms with Crippen molar-refractivity contribution in [3.63, 3.8) is 0 Å². The van der Waals surface area contributed by atoms with Crippen LogP contribution in [-0.4, -0.2) is 9.91 Å². The molecule has 0 aliphatic heterocycles. The van der Waals surface area contributed by atoms with E-state index in [1.54, 1.807) is 18.3 Å². The molecular weight excluding hydrogens is 260 g/mol. The summed E-state index contributed by atoms with van der Waals surface area (Å²) in [5, 5.41) is 12.0. The van der Waals surface area contributed by atoms with Gasteiger partial charge in [0.25, 0.3) is 5.69 Å². The van der Waals surface area contributed by atoms with E-state index in [1.165, 1.54) is 11.8 Å². The maximum Gasteiger partial charge on any atom is 0.272 e. The van der Waals surface area contributed by atoms with E-state index in [4.69, 9.17) is 0 Å². The van der Waals surface area contributed by atoms with Gasteiger partial charge in [0.2, 0.25) is 0 Å². The third-order valence-corrected chi connectivity index (χ3v) is 3.86. The van der Waals surface area contributed by atoms with Crippen molar-refractivity contribution < 1.29 is 4.92 Å². The summed E-state index contributed by atoms with van der Waals surface area (Å²) in [5.74, 6) is 0. The molecule has 4 nitrogen and oxygen atoms in total. The van der Waals surface area contributed by atoms with Crippen LogP contribution in [0.2, 0.25) is 0 Å². The van der Waals surface area contributed by atoms with Gasteiger partial charge in [-0.3, -0.25) is 10.1 Å². The van der Waals surface area contributed by atoms with Crippen LogP contribution in [0.25, 0.3) is 10.9 Å². The second kappa shape index (κ2) is 4.78. The lowest BCUT2D eigenvalue weighted by Crippen LogP contribution is -1.88. The van der Waals surface area contributed by atoms with Crippen molar-refractivity contribution in [3.8, 4) is 0 Å². The van der Waals surface area contributed by atoms with Gasteiger partial charge in [-0.15, -0.1) is 0 Å². The highest BCUT2D eigenvalue weighted by Gasteiger charge is 2.13. The summed E-state index contributed by atoms with van der Waals surface area (Å²) in [5.41, 5.74) is 0.890. The first-order valence-electron chi connectivity index (χ1n) is 5.72. The minimum absolute atomic E-state index is 0.105. The number of nitro groups is 1. The molecule has 0 radical (unpaired) electrons. The Kier molecular flexibility index (Phi) is 2.97. The van der Waals surface area contributed by atoms with Gasteiger partial charge in [-0.25, -0.2) is 0 Å². The first-order valence-corrected chi connectivity index (χ1v) is 6.54. The normalized spacial score (nSPS) is 10.7. The quantitative estimate of drug-likeness (QED) is 0.572. The van der Waals surface area contributed by atoms with Crippen LogP contribution in [0.3, 0.4) is 0 Å². The molecule has 1 heterocycles. The number of H-pyrrole nitrogens is 1. The van der Waals surface area contributed by atoms with Crippen LogP contribution in [-0.2, 0) is 0 Å². The van der Waals surface area contributed by atoms with Crippen molar-refractivity contribution in [2.75, 3.05) is 0 Å². The maximum atomic E-state index is 11.0. The Morgan fingerprint density at radius 1 is 1.11 bits per heavy atom. The van der Waals surface area contributed by atoms with Crippen LogP contribution >= 0.6 is 11.8 Å². The van der Waals surface area contributed by atoms with E-state index in [-0.39, 0.29) is 10.6 Å².